The average Bonchev–Trinajstić information content (AvgIpc) is 3.32. The van der Waals surface area contributed by atoms with Gasteiger partial charge in [0.1, 0.15) is 5.75 Å². The van der Waals surface area contributed by atoms with E-state index in [-0.39, 0.29) is 31.0 Å². The van der Waals surface area contributed by atoms with Crippen LogP contribution in [0.1, 0.15) is 15.9 Å². The SMILES string of the molecule is COc1ccccc1C(=O)NCCN1C(=O)S/C(=C\c2ccc3c(c2)OCO3)C1=O. The van der Waals surface area contributed by atoms with Gasteiger partial charge in [-0.2, -0.15) is 0 Å². The highest BCUT2D eigenvalue weighted by atomic mass is 32.2. The number of imide groups is 1. The summed E-state index contributed by atoms with van der Waals surface area (Å²) in [5.41, 5.74) is 1.12. The number of carbonyl (C=O) groups is 3. The quantitative estimate of drug-likeness (QED) is 0.710. The maximum Gasteiger partial charge on any atom is 0.293 e. The van der Waals surface area contributed by atoms with Gasteiger partial charge in [0.15, 0.2) is 11.5 Å². The van der Waals surface area contributed by atoms with Crippen LogP contribution in [-0.2, 0) is 4.79 Å². The minimum atomic E-state index is -0.394. The van der Waals surface area contributed by atoms with E-state index in [4.69, 9.17) is 14.2 Å². The Labute approximate surface area is 176 Å². The van der Waals surface area contributed by atoms with Gasteiger partial charge in [0.25, 0.3) is 17.1 Å². The summed E-state index contributed by atoms with van der Waals surface area (Å²) in [5.74, 6) is 0.963. The summed E-state index contributed by atoms with van der Waals surface area (Å²) in [6.07, 6.45) is 1.64. The summed E-state index contributed by atoms with van der Waals surface area (Å²) in [4.78, 5) is 38.7. The van der Waals surface area contributed by atoms with Crippen molar-refractivity contribution in [3.63, 3.8) is 0 Å². The molecule has 0 spiro atoms. The molecule has 1 N–H and O–H groups in total. The molecule has 0 aliphatic carbocycles. The maximum atomic E-state index is 12.6. The molecule has 0 saturated carbocycles. The lowest BCUT2D eigenvalue weighted by atomic mass is 10.2. The average molecular weight is 426 g/mol. The van der Waals surface area contributed by atoms with Crippen molar-refractivity contribution in [2.45, 2.75) is 0 Å². The lowest BCUT2D eigenvalue weighted by Gasteiger charge is -2.13. The minimum absolute atomic E-state index is 0.0734. The Kier molecular flexibility index (Phi) is 5.62. The van der Waals surface area contributed by atoms with Crippen molar-refractivity contribution in [2.75, 3.05) is 27.0 Å². The van der Waals surface area contributed by atoms with Crippen LogP contribution in [0.3, 0.4) is 0 Å². The molecule has 0 aromatic heterocycles. The van der Waals surface area contributed by atoms with Gasteiger partial charge in [0.2, 0.25) is 6.79 Å². The summed E-state index contributed by atoms with van der Waals surface area (Å²) in [6.45, 7) is 0.367. The van der Waals surface area contributed by atoms with Gasteiger partial charge in [0, 0.05) is 13.1 Å². The fourth-order valence-electron chi connectivity index (χ4n) is 3.06. The summed E-state index contributed by atoms with van der Waals surface area (Å²) < 4.78 is 15.8. The van der Waals surface area contributed by atoms with Gasteiger partial charge < -0.3 is 19.5 Å². The Bertz CT molecular complexity index is 1050. The molecule has 0 bridgehead atoms. The number of methoxy groups -OCH3 is 1. The highest BCUT2D eigenvalue weighted by Gasteiger charge is 2.34. The number of amides is 3. The van der Waals surface area contributed by atoms with E-state index in [0.29, 0.717) is 27.7 Å². The van der Waals surface area contributed by atoms with E-state index in [1.165, 1.54) is 7.11 Å². The van der Waals surface area contributed by atoms with Gasteiger partial charge in [-0.1, -0.05) is 18.2 Å². The zero-order valence-corrected chi connectivity index (χ0v) is 16.9. The second kappa shape index (κ2) is 8.50. The molecule has 2 aliphatic rings. The first kappa shape index (κ1) is 19.8. The van der Waals surface area contributed by atoms with E-state index in [2.05, 4.69) is 5.32 Å². The molecule has 3 amide bonds. The fraction of sp³-hybridized carbons (Fsp3) is 0.190. The van der Waals surface area contributed by atoms with Crippen molar-refractivity contribution in [1.82, 2.24) is 10.2 Å². The largest absolute Gasteiger partial charge is 0.496 e. The summed E-state index contributed by atoms with van der Waals surface area (Å²) in [6, 6.07) is 12.1. The highest BCUT2D eigenvalue weighted by molar-refractivity contribution is 8.18. The summed E-state index contributed by atoms with van der Waals surface area (Å²) in [5, 5.41) is 2.33. The molecule has 4 rings (SSSR count). The number of ether oxygens (including phenoxy) is 3. The highest BCUT2D eigenvalue weighted by Crippen LogP contribution is 2.36. The number of carbonyl (C=O) groups excluding carboxylic acids is 3. The van der Waals surface area contributed by atoms with Crippen molar-refractivity contribution in [1.29, 1.82) is 0 Å². The van der Waals surface area contributed by atoms with Gasteiger partial charge >= 0.3 is 0 Å². The van der Waals surface area contributed by atoms with E-state index < -0.39 is 5.91 Å². The Morgan fingerprint density at radius 1 is 1.20 bits per heavy atom. The molecule has 2 heterocycles. The molecule has 2 aromatic rings. The van der Waals surface area contributed by atoms with E-state index in [1.54, 1.807) is 48.5 Å². The molecule has 2 aromatic carbocycles. The van der Waals surface area contributed by atoms with Crippen LogP contribution >= 0.6 is 11.8 Å². The van der Waals surface area contributed by atoms with Crippen LogP contribution < -0.4 is 19.5 Å². The van der Waals surface area contributed by atoms with Gasteiger partial charge in [-0.25, -0.2) is 0 Å². The van der Waals surface area contributed by atoms with Crippen molar-refractivity contribution in [3.8, 4) is 17.2 Å². The monoisotopic (exact) mass is 426 g/mol. The van der Waals surface area contributed by atoms with Crippen molar-refractivity contribution in [3.05, 3.63) is 58.5 Å². The Hall–Kier alpha value is -3.46. The third-order valence-electron chi connectivity index (χ3n) is 4.54. The smallest absolute Gasteiger partial charge is 0.293 e. The van der Waals surface area contributed by atoms with Crippen LogP contribution in [0.25, 0.3) is 6.08 Å². The summed E-state index contributed by atoms with van der Waals surface area (Å²) >= 11 is 0.865. The van der Waals surface area contributed by atoms with Crippen LogP contribution in [0.5, 0.6) is 17.2 Å². The number of rotatable bonds is 6. The standard InChI is InChI=1S/C21H18N2O6S/c1-27-15-5-3-2-4-14(15)19(24)22-8-9-23-20(25)18(30-21(23)26)11-13-6-7-16-17(10-13)29-12-28-16/h2-7,10-11H,8-9,12H2,1H3,(H,22,24)/b18-11-. The van der Waals surface area contributed by atoms with Crippen molar-refractivity contribution >= 4 is 34.9 Å². The van der Waals surface area contributed by atoms with Crippen molar-refractivity contribution < 1.29 is 28.6 Å². The second-order valence-electron chi connectivity index (χ2n) is 6.40. The zero-order chi connectivity index (χ0) is 21.1. The Morgan fingerprint density at radius 3 is 2.83 bits per heavy atom. The Morgan fingerprint density at radius 2 is 2.00 bits per heavy atom. The van der Waals surface area contributed by atoms with Crippen LogP contribution in [0.4, 0.5) is 4.79 Å². The molecule has 0 unspecified atom stereocenters. The number of nitrogens with one attached hydrogen (secondary N) is 1. The molecule has 1 fully saturated rings. The topological polar surface area (TPSA) is 94.2 Å². The second-order valence-corrected chi connectivity index (χ2v) is 7.40. The molecule has 8 nitrogen and oxygen atoms in total. The first-order valence-corrected chi connectivity index (χ1v) is 9.94. The lowest BCUT2D eigenvalue weighted by Crippen LogP contribution is -2.37. The molecular formula is C21H18N2O6S. The number of hydrogen-bond acceptors (Lipinski definition) is 7. The predicted molar refractivity (Wildman–Crippen MR) is 111 cm³/mol. The normalized spacial score (nSPS) is 16.3. The maximum absolute atomic E-state index is 12.6. The van der Waals surface area contributed by atoms with E-state index in [0.717, 1.165) is 22.2 Å². The first-order valence-electron chi connectivity index (χ1n) is 9.13. The van der Waals surface area contributed by atoms with Crippen LogP contribution in [0.15, 0.2) is 47.4 Å². The van der Waals surface area contributed by atoms with Crippen LogP contribution in [0, 0.1) is 0 Å². The van der Waals surface area contributed by atoms with Gasteiger partial charge in [-0.05, 0) is 47.7 Å². The van der Waals surface area contributed by atoms with Gasteiger partial charge in [0.05, 0.1) is 17.6 Å². The third kappa shape index (κ3) is 3.97. The van der Waals surface area contributed by atoms with Gasteiger partial charge in [-0.3, -0.25) is 19.3 Å². The number of nitrogens with zero attached hydrogens (tertiary/aromatic N) is 1. The predicted octanol–water partition coefficient (Wildman–Crippen LogP) is 2.89. The zero-order valence-electron chi connectivity index (χ0n) is 16.0. The van der Waals surface area contributed by atoms with E-state index in [1.807, 2.05) is 0 Å². The lowest BCUT2D eigenvalue weighted by molar-refractivity contribution is -0.122. The minimum Gasteiger partial charge on any atom is -0.496 e. The first-order chi connectivity index (χ1) is 14.6. The number of hydrogen-bond donors (Lipinski definition) is 1. The summed E-state index contributed by atoms with van der Waals surface area (Å²) in [7, 11) is 1.49. The van der Waals surface area contributed by atoms with E-state index in [9.17, 15) is 14.4 Å². The number of benzene rings is 2. The number of para-hydroxylation sites is 1. The third-order valence-corrected chi connectivity index (χ3v) is 5.45. The molecule has 2 aliphatic heterocycles. The molecule has 154 valence electrons. The Balaban J connectivity index is 1.38. The van der Waals surface area contributed by atoms with E-state index >= 15 is 0 Å². The van der Waals surface area contributed by atoms with Gasteiger partial charge in [-0.15, -0.1) is 0 Å². The molecule has 0 atom stereocenters. The van der Waals surface area contributed by atoms with Crippen LogP contribution in [0.2, 0.25) is 0 Å². The number of thioether (sulfide) groups is 1. The van der Waals surface area contributed by atoms with Crippen molar-refractivity contribution in [2.24, 2.45) is 0 Å². The molecule has 1 saturated heterocycles. The fourth-order valence-corrected chi connectivity index (χ4v) is 3.92. The van der Waals surface area contributed by atoms with Crippen LogP contribution in [-0.4, -0.2) is 48.9 Å². The molecule has 9 heteroatoms. The molecule has 30 heavy (non-hydrogen) atoms. The number of fused-ring (bicyclic) bond motifs is 1. The molecular weight excluding hydrogens is 408 g/mol. The molecule has 0 radical (unpaired) electrons.